The first-order valence-electron chi connectivity index (χ1n) is 5.96. The summed E-state index contributed by atoms with van der Waals surface area (Å²) in [7, 11) is 0. The van der Waals surface area contributed by atoms with Gasteiger partial charge in [-0.15, -0.1) is 0 Å². The summed E-state index contributed by atoms with van der Waals surface area (Å²) < 4.78 is 0. The highest BCUT2D eigenvalue weighted by molar-refractivity contribution is 6.40. The zero-order valence-electron chi connectivity index (χ0n) is 10.7. The van der Waals surface area contributed by atoms with E-state index in [0.717, 1.165) is 0 Å². The Kier molecular flexibility index (Phi) is 3.74. The molecule has 0 radical (unpaired) electrons. The molecule has 0 saturated carbocycles. The predicted octanol–water partition coefficient (Wildman–Crippen LogP) is 2.62. The number of anilines is 1. The van der Waals surface area contributed by atoms with Gasteiger partial charge in [0.15, 0.2) is 0 Å². The number of para-hydroxylation sites is 1. The molecule has 102 valence electrons. The van der Waals surface area contributed by atoms with Crippen molar-refractivity contribution in [2.75, 3.05) is 11.4 Å². The third-order valence-electron chi connectivity index (χ3n) is 3.35. The van der Waals surface area contributed by atoms with Crippen LogP contribution in [0.25, 0.3) is 0 Å². The van der Waals surface area contributed by atoms with Gasteiger partial charge >= 0.3 is 0 Å². The van der Waals surface area contributed by atoms with E-state index in [-0.39, 0.29) is 18.4 Å². The number of amides is 2. The van der Waals surface area contributed by atoms with E-state index in [1.54, 1.807) is 25.1 Å². The summed E-state index contributed by atoms with van der Waals surface area (Å²) in [6.07, 6.45) is 0.496. The maximum atomic E-state index is 12.5. The van der Waals surface area contributed by atoms with Crippen LogP contribution in [-0.2, 0) is 9.59 Å². The minimum atomic E-state index is -0.919. The number of nitrogens with zero attached hydrogens (tertiary/aromatic N) is 1. The minimum Gasteiger partial charge on any atom is -0.340 e. The van der Waals surface area contributed by atoms with Crippen molar-refractivity contribution >= 4 is 40.7 Å². The molecular formula is C13H14Cl2N2O2. The second-order valence-corrected chi connectivity index (χ2v) is 5.51. The van der Waals surface area contributed by atoms with Gasteiger partial charge in [0.25, 0.3) is 5.91 Å². The first kappa shape index (κ1) is 14.2. The Morgan fingerprint density at radius 2 is 1.89 bits per heavy atom. The van der Waals surface area contributed by atoms with Gasteiger partial charge < -0.3 is 5.32 Å². The lowest BCUT2D eigenvalue weighted by Gasteiger charge is -2.39. The van der Waals surface area contributed by atoms with E-state index in [1.807, 2.05) is 6.92 Å². The van der Waals surface area contributed by atoms with Crippen LogP contribution in [0.5, 0.6) is 0 Å². The Morgan fingerprint density at radius 1 is 1.32 bits per heavy atom. The van der Waals surface area contributed by atoms with Crippen LogP contribution < -0.4 is 10.2 Å². The summed E-state index contributed by atoms with van der Waals surface area (Å²) in [6.45, 7) is 3.47. The second kappa shape index (κ2) is 5.02. The normalized spacial score (nSPS) is 23.5. The van der Waals surface area contributed by atoms with Crippen LogP contribution in [0.15, 0.2) is 18.2 Å². The first-order valence-corrected chi connectivity index (χ1v) is 6.71. The highest BCUT2D eigenvalue weighted by atomic mass is 35.5. The van der Waals surface area contributed by atoms with Gasteiger partial charge in [0.1, 0.15) is 12.1 Å². The summed E-state index contributed by atoms with van der Waals surface area (Å²) in [6, 6.07) is 4.99. The summed E-state index contributed by atoms with van der Waals surface area (Å²) in [5.74, 6) is -0.426. The zero-order chi connectivity index (χ0) is 14.2. The van der Waals surface area contributed by atoms with E-state index in [0.29, 0.717) is 22.2 Å². The highest BCUT2D eigenvalue weighted by Crippen LogP contribution is 2.36. The van der Waals surface area contributed by atoms with Gasteiger partial charge in [0, 0.05) is 0 Å². The van der Waals surface area contributed by atoms with Gasteiger partial charge in [-0.25, -0.2) is 0 Å². The van der Waals surface area contributed by atoms with Crippen molar-refractivity contribution < 1.29 is 9.59 Å². The van der Waals surface area contributed by atoms with Crippen LogP contribution in [0.3, 0.4) is 0 Å². The number of carbonyl (C=O) groups is 2. The Labute approximate surface area is 121 Å². The average molecular weight is 301 g/mol. The molecule has 19 heavy (non-hydrogen) atoms. The van der Waals surface area contributed by atoms with Crippen LogP contribution in [0.1, 0.15) is 20.3 Å². The van der Waals surface area contributed by atoms with Crippen molar-refractivity contribution in [1.82, 2.24) is 5.32 Å². The number of halogens is 2. The fraction of sp³-hybridized carbons (Fsp3) is 0.385. The second-order valence-electron chi connectivity index (χ2n) is 4.70. The fourth-order valence-electron chi connectivity index (χ4n) is 2.08. The maximum Gasteiger partial charge on any atom is 0.253 e. The number of hydrogen-bond donors (Lipinski definition) is 1. The van der Waals surface area contributed by atoms with Gasteiger partial charge in [-0.1, -0.05) is 36.2 Å². The van der Waals surface area contributed by atoms with E-state index < -0.39 is 5.54 Å². The van der Waals surface area contributed by atoms with Gasteiger partial charge in [-0.05, 0) is 25.5 Å². The summed E-state index contributed by atoms with van der Waals surface area (Å²) >= 11 is 12.2. The van der Waals surface area contributed by atoms with Crippen molar-refractivity contribution in [2.24, 2.45) is 0 Å². The summed E-state index contributed by atoms with van der Waals surface area (Å²) in [5.41, 5.74) is -0.525. The predicted molar refractivity (Wildman–Crippen MR) is 75.7 cm³/mol. The third-order valence-corrected chi connectivity index (χ3v) is 3.96. The molecule has 1 atom stereocenters. The molecule has 1 heterocycles. The molecular weight excluding hydrogens is 287 g/mol. The van der Waals surface area contributed by atoms with Crippen LogP contribution in [-0.4, -0.2) is 23.9 Å². The Bertz CT molecular complexity index is 527. The zero-order valence-corrected chi connectivity index (χ0v) is 12.2. The molecule has 1 N–H and O–H groups in total. The maximum absolute atomic E-state index is 12.5. The van der Waals surface area contributed by atoms with Crippen LogP contribution in [0, 0.1) is 0 Å². The smallest absolute Gasteiger partial charge is 0.253 e. The summed E-state index contributed by atoms with van der Waals surface area (Å²) in [5, 5.41) is 3.43. The van der Waals surface area contributed by atoms with Gasteiger partial charge in [-0.3, -0.25) is 14.5 Å². The van der Waals surface area contributed by atoms with E-state index >= 15 is 0 Å². The number of rotatable bonds is 2. The lowest BCUT2D eigenvalue weighted by molar-refractivity contribution is -0.135. The minimum absolute atomic E-state index is 0.0716. The largest absolute Gasteiger partial charge is 0.340 e. The molecule has 0 bridgehead atoms. The molecule has 0 aromatic heterocycles. The third kappa shape index (κ3) is 2.42. The quantitative estimate of drug-likeness (QED) is 0.913. The molecule has 2 rings (SSSR count). The molecule has 1 saturated heterocycles. The number of piperazine rings is 1. The van der Waals surface area contributed by atoms with E-state index in [4.69, 9.17) is 23.2 Å². The van der Waals surface area contributed by atoms with E-state index in [9.17, 15) is 9.59 Å². The molecule has 4 nitrogen and oxygen atoms in total. The molecule has 1 aromatic carbocycles. The van der Waals surface area contributed by atoms with Crippen LogP contribution in [0.2, 0.25) is 10.0 Å². The van der Waals surface area contributed by atoms with Crippen molar-refractivity contribution in [3.8, 4) is 0 Å². The topological polar surface area (TPSA) is 49.4 Å². The van der Waals surface area contributed by atoms with Gasteiger partial charge in [-0.2, -0.15) is 0 Å². The molecule has 1 unspecified atom stereocenters. The molecule has 6 heteroatoms. The molecule has 0 aliphatic carbocycles. The number of hydrogen-bond acceptors (Lipinski definition) is 2. The standard InChI is InChI=1S/C13H14Cl2N2O2/c1-3-13(2)12(19)17(7-10(18)16-13)11-8(14)5-4-6-9(11)15/h4-6H,3,7H2,1-2H3,(H,16,18). The molecule has 0 spiro atoms. The average Bonchev–Trinajstić information content (AvgIpc) is 2.35. The Morgan fingerprint density at radius 3 is 2.42 bits per heavy atom. The SMILES string of the molecule is CCC1(C)NC(=O)CN(c2c(Cl)cccc2Cl)C1=O. The number of carbonyl (C=O) groups excluding carboxylic acids is 2. The monoisotopic (exact) mass is 300 g/mol. The molecule has 1 aliphatic heterocycles. The van der Waals surface area contributed by atoms with Gasteiger partial charge in [0.2, 0.25) is 5.91 Å². The fourth-order valence-corrected chi connectivity index (χ4v) is 2.68. The molecule has 2 amide bonds. The molecule has 1 fully saturated rings. The number of nitrogens with one attached hydrogen (secondary N) is 1. The van der Waals surface area contributed by atoms with Crippen LogP contribution >= 0.6 is 23.2 Å². The molecule has 1 aromatic rings. The lowest BCUT2D eigenvalue weighted by atomic mass is 9.94. The van der Waals surface area contributed by atoms with E-state index in [1.165, 1.54) is 4.90 Å². The van der Waals surface area contributed by atoms with Crippen molar-refractivity contribution in [1.29, 1.82) is 0 Å². The first-order chi connectivity index (χ1) is 8.89. The number of benzene rings is 1. The Balaban J connectivity index is 2.49. The Hall–Kier alpha value is -1.26. The highest BCUT2D eigenvalue weighted by Gasteiger charge is 2.43. The van der Waals surface area contributed by atoms with Crippen molar-refractivity contribution in [3.63, 3.8) is 0 Å². The van der Waals surface area contributed by atoms with Crippen LogP contribution in [0.4, 0.5) is 5.69 Å². The van der Waals surface area contributed by atoms with Crippen molar-refractivity contribution in [2.45, 2.75) is 25.8 Å². The summed E-state index contributed by atoms with van der Waals surface area (Å²) in [4.78, 5) is 25.7. The lowest BCUT2D eigenvalue weighted by Crippen LogP contribution is -2.65. The van der Waals surface area contributed by atoms with E-state index in [2.05, 4.69) is 5.32 Å². The van der Waals surface area contributed by atoms with Crippen molar-refractivity contribution in [3.05, 3.63) is 28.2 Å². The van der Waals surface area contributed by atoms with Gasteiger partial charge in [0.05, 0.1) is 15.7 Å². The molecule has 1 aliphatic rings.